The Bertz CT molecular complexity index is 665. The number of aryl methyl sites for hydroxylation is 1. The van der Waals surface area contributed by atoms with Gasteiger partial charge in [-0.05, 0) is 48.5 Å². The second-order valence-corrected chi connectivity index (χ2v) is 7.03. The van der Waals surface area contributed by atoms with Crippen molar-refractivity contribution in [1.82, 2.24) is 9.80 Å². The lowest BCUT2D eigenvalue weighted by Crippen LogP contribution is -2.41. The predicted octanol–water partition coefficient (Wildman–Crippen LogP) is 3.07. The Morgan fingerprint density at radius 3 is 2.77 bits per heavy atom. The number of thiophene rings is 1. The molecule has 1 aromatic carbocycles. The summed E-state index contributed by atoms with van der Waals surface area (Å²) in [4.78, 5) is 18.0. The number of carbonyl (C=O) groups is 1. The van der Waals surface area contributed by atoms with Crippen LogP contribution in [0.25, 0.3) is 0 Å². The van der Waals surface area contributed by atoms with Crippen LogP contribution in [0.3, 0.4) is 0 Å². The summed E-state index contributed by atoms with van der Waals surface area (Å²) in [7, 11) is 2.02. The van der Waals surface area contributed by atoms with Crippen molar-refractivity contribution in [2.75, 3.05) is 20.1 Å². The van der Waals surface area contributed by atoms with Gasteiger partial charge in [0, 0.05) is 24.5 Å². The summed E-state index contributed by atoms with van der Waals surface area (Å²) in [5, 5.41) is 2.11. The van der Waals surface area contributed by atoms with Crippen LogP contribution in [0.15, 0.2) is 35.7 Å². The molecule has 2 aromatic rings. The number of hydrogen-bond donors (Lipinski definition) is 0. The number of rotatable bonds is 4. The Balaban J connectivity index is 1.57. The molecule has 0 aliphatic carbocycles. The Morgan fingerprint density at radius 2 is 2.05 bits per heavy atom. The number of nitrogens with zero attached hydrogens (tertiary/aromatic N) is 2. The summed E-state index contributed by atoms with van der Waals surface area (Å²) in [5.41, 5.74) is 3.99. The van der Waals surface area contributed by atoms with E-state index in [4.69, 9.17) is 0 Å². The Kier molecular flexibility index (Phi) is 4.60. The first-order chi connectivity index (χ1) is 10.6. The van der Waals surface area contributed by atoms with E-state index >= 15 is 0 Å². The molecular formula is C18H22N2OS. The third-order valence-electron chi connectivity index (χ3n) is 4.27. The van der Waals surface area contributed by atoms with Gasteiger partial charge in [0.25, 0.3) is 0 Å². The smallest absolute Gasteiger partial charge is 0.237 e. The lowest BCUT2D eigenvalue weighted by atomic mass is 10.00. The third kappa shape index (κ3) is 3.39. The highest BCUT2D eigenvalue weighted by atomic mass is 32.1. The zero-order chi connectivity index (χ0) is 15.5. The lowest BCUT2D eigenvalue weighted by molar-refractivity contribution is -0.133. The summed E-state index contributed by atoms with van der Waals surface area (Å²) in [6, 6.07) is 10.6. The fourth-order valence-electron chi connectivity index (χ4n) is 2.91. The summed E-state index contributed by atoms with van der Waals surface area (Å²) in [6.07, 6.45) is 0.968. The van der Waals surface area contributed by atoms with E-state index in [2.05, 4.69) is 47.5 Å². The molecule has 0 atom stereocenters. The first-order valence-corrected chi connectivity index (χ1v) is 8.57. The maximum absolute atomic E-state index is 12.5. The molecule has 22 heavy (non-hydrogen) atoms. The number of amides is 1. The van der Waals surface area contributed by atoms with Crippen LogP contribution in [-0.2, 0) is 24.3 Å². The average molecular weight is 314 g/mol. The molecule has 3 rings (SSSR count). The van der Waals surface area contributed by atoms with Crippen molar-refractivity contribution in [1.29, 1.82) is 0 Å². The summed E-state index contributed by atoms with van der Waals surface area (Å²) >= 11 is 1.76. The van der Waals surface area contributed by atoms with Gasteiger partial charge < -0.3 is 4.90 Å². The molecule has 0 fully saturated rings. The molecule has 0 spiro atoms. The average Bonchev–Trinajstić information content (AvgIpc) is 2.91. The molecule has 0 radical (unpaired) electrons. The molecule has 2 heterocycles. The molecule has 4 heteroatoms. The van der Waals surface area contributed by atoms with Crippen LogP contribution in [0.4, 0.5) is 0 Å². The van der Waals surface area contributed by atoms with E-state index in [0.717, 1.165) is 26.1 Å². The van der Waals surface area contributed by atoms with Crippen molar-refractivity contribution < 1.29 is 4.79 Å². The molecule has 1 amide bonds. The van der Waals surface area contributed by atoms with Crippen molar-refractivity contribution >= 4 is 17.2 Å². The quantitative estimate of drug-likeness (QED) is 0.866. The largest absolute Gasteiger partial charge is 0.337 e. The van der Waals surface area contributed by atoms with Crippen LogP contribution in [0.2, 0.25) is 0 Å². The SMILES string of the molecule is Cc1ccsc1CN(C)CC(=O)N1CCc2ccccc2C1. The molecule has 0 unspecified atom stereocenters. The van der Waals surface area contributed by atoms with E-state index in [9.17, 15) is 4.79 Å². The van der Waals surface area contributed by atoms with Crippen molar-refractivity contribution in [3.63, 3.8) is 0 Å². The Morgan fingerprint density at radius 1 is 1.27 bits per heavy atom. The van der Waals surface area contributed by atoms with Crippen LogP contribution in [0.5, 0.6) is 0 Å². The van der Waals surface area contributed by atoms with Gasteiger partial charge in [0.05, 0.1) is 6.54 Å². The van der Waals surface area contributed by atoms with Crippen LogP contribution in [0.1, 0.15) is 21.6 Å². The number of likely N-dealkylation sites (N-methyl/N-ethyl adjacent to an activating group) is 1. The first-order valence-electron chi connectivity index (χ1n) is 7.69. The molecule has 1 aromatic heterocycles. The minimum absolute atomic E-state index is 0.228. The van der Waals surface area contributed by atoms with Gasteiger partial charge in [-0.2, -0.15) is 0 Å². The van der Waals surface area contributed by atoms with Gasteiger partial charge in [-0.15, -0.1) is 11.3 Å². The van der Waals surface area contributed by atoms with Gasteiger partial charge in [0.1, 0.15) is 0 Å². The summed E-state index contributed by atoms with van der Waals surface area (Å²) in [5.74, 6) is 0.228. The molecule has 0 saturated carbocycles. The van der Waals surface area contributed by atoms with Gasteiger partial charge in [-0.25, -0.2) is 0 Å². The van der Waals surface area contributed by atoms with Crippen LogP contribution in [0, 0.1) is 6.92 Å². The predicted molar refractivity (Wildman–Crippen MR) is 91.0 cm³/mol. The van der Waals surface area contributed by atoms with Crippen LogP contribution in [-0.4, -0.2) is 35.8 Å². The molecule has 3 nitrogen and oxygen atoms in total. The highest BCUT2D eigenvalue weighted by Crippen LogP contribution is 2.20. The van der Waals surface area contributed by atoms with Crippen molar-refractivity contribution in [2.45, 2.75) is 26.4 Å². The fourth-order valence-corrected chi connectivity index (χ4v) is 3.89. The Hall–Kier alpha value is -1.65. The normalized spacial score (nSPS) is 14.2. The topological polar surface area (TPSA) is 23.6 Å². The minimum atomic E-state index is 0.228. The molecule has 0 N–H and O–H groups in total. The number of hydrogen-bond acceptors (Lipinski definition) is 3. The van der Waals surface area contributed by atoms with Crippen molar-refractivity contribution in [3.05, 3.63) is 57.3 Å². The number of fused-ring (bicyclic) bond motifs is 1. The maximum atomic E-state index is 12.5. The Labute approximate surface area is 136 Å². The van der Waals surface area contributed by atoms with Gasteiger partial charge in [-0.1, -0.05) is 24.3 Å². The monoisotopic (exact) mass is 314 g/mol. The highest BCUT2D eigenvalue weighted by molar-refractivity contribution is 7.10. The van der Waals surface area contributed by atoms with E-state index < -0.39 is 0 Å². The standard InChI is InChI=1S/C18H22N2OS/c1-14-8-10-22-17(14)12-19(2)13-18(21)20-9-7-15-5-3-4-6-16(15)11-20/h3-6,8,10H,7,9,11-13H2,1-2H3. The van der Waals surface area contributed by atoms with Gasteiger partial charge in [0.2, 0.25) is 5.91 Å². The van der Waals surface area contributed by atoms with Crippen molar-refractivity contribution in [2.24, 2.45) is 0 Å². The van der Waals surface area contributed by atoms with Crippen molar-refractivity contribution in [3.8, 4) is 0 Å². The van der Waals surface area contributed by atoms with E-state index in [0.29, 0.717) is 6.54 Å². The summed E-state index contributed by atoms with van der Waals surface area (Å²) in [6.45, 7) is 5.05. The van der Waals surface area contributed by atoms with Gasteiger partial charge in [-0.3, -0.25) is 9.69 Å². The van der Waals surface area contributed by atoms with Gasteiger partial charge in [0.15, 0.2) is 0 Å². The van der Waals surface area contributed by atoms with Gasteiger partial charge >= 0.3 is 0 Å². The molecule has 1 aliphatic heterocycles. The summed E-state index contributed by atoms with van der Waals surface area (Å²) < 4.78 is 0. The first kappa shape index (κ1) is 15.3. The zero-order valence-electron chi connectivity index (χ0n) is 13.2. The molecule has 0 saturated heterocycles. The molecule has 0 bridgehead atoms. The third-order valence-corrected chi connectivity index (χ3v) is 5.28. The second kappa shape index (κ2) is 6.63. The minimum Gasteiger partial charge on any atom is -0.337 e. The van der Waals surface area contributed by atoms with Crippen LogP contribution >= 0.6 is 11.3 Å². The molecule has 116 valence electrons. The lowest BCUT2D eigenvalue weighted by Gasteiger charge is -2.30. The maximum Gasteiger partial charge on any atom is 0.237 e. The van der Waals surface area contributed by atoms with E-state index in [1.165, 1.54) is 21.6 Å². The zero-order valence-corrected chi connectivity index (χ0v) is 14.0. The van der Waals surface area contributed by atoms with E-state index in [1.807, 2.05) is 11.9 Å². The fraction of sp³-hybridized carbons (Fsp3) is 0.389. The van der Waals surface area contributed by atoms with Crippen LogP contribution < -0.4 is 0 Å². The second-order valence-electron chi connectivity index (χ2n) is 6.03. The number of carbonyl (C=O) groups excluding carboxylic acids is 1. The number of benzene rings is 1. The highest BCUT2D eigenvalue weighted by Gasteiger charge is 2.21. The van der Waals surface area contributed by atoms with E-state index in [1.54, 1.807) is 11.3 Å². The molecule has 1 aliphatic rings. The molecular weight excluding hydrogens is 292 g/mol. The van der Waals surface area contributed by atoms with E-state index in [-0.39, 0.29) is 5.91 Å².